The maximum Gasteiger partial charge on any atom is 0.220 e. The molecule has 0 aromatic rings. The first kappa shape index (κ1) is 71.6. The first-order valence-electron chi connectivity index (χ1n) is 33.7. The molecule has 0 bridgehead atoms. The van der Waals surface area contributed by atoms with Gasteiger partial charge in [-0.2, -0.15) is 0 Å². The molecule has 0 aliphatic carbocycles. The molecule has 2 unspecified atom stereocenters. The van der Waals surface area contributed by atoms with Crippen LogP contribution in [0.3, 0.4) is 0 Å². The summed E-state index contributed by atoms with van der Waals surface area (Å²) in [4.78, 5) is 12.6. The van der Waals surface area contributed by atoms with Crippen molar-refractivity contribution in [2.45, 2.75) is 392 Å². The number of unbranched alkanes of at least 4 members (excludes halogenated alkanes) is 50. The molecule has 0 aromatic heterocycles. The molecule has 2 atom stereocenters. The van der Waals surface area contributed by atoms with Crippen LogP contribution < -0.4 is 5.32 Å². The van der Waals surface area contributed by atoms with Gasteiger partial charge in [0.1, 0.15) is 0 Å². The van der Waals surface area contributed by atoms with E-state index < -0.39 is 12.1 Å². The van der Waals surface area contributed by atoms with Gasteiger partial charge < -0.3 is 15.5 Å². The molecule has 73 heavy (non-hydrogen) atoms. The van der Waals surface area contributed by atoms with Gasteiger partial charge in [0.25, 0.3) is 0 Å². The molecule has 0 spiro atoms. The van der Waals surface area contributed by atoms with Crippen molar-refractivity contribution in [2.24, 2.45) is 0 Å². The summed E-state index contributed by atoms with van der Waals surface area (Å²) < 4.78 is 0. The van der Waals surface area contributed by atoms with Crippen LogP contribution in [0.15, 0.2) is 36.5 Å². The monoisotopic (exact) mass is 1020 g/mol. The van der Waals surface area contributed by atoms with E-state index in [1.54, 1.807) is 0 Å². The summed E-state index contributed by atoms with van der Waals surface area (Å²) in [5.41, 5.74) is 0. The van der Waals surface area contributed by atoms with Crippen molar-refractivity contribution in [3.05, 3.63) is 36.5 Å². The van der Waals surface area contributed by atoms with Gasteiger partial charge in [-0.3, -0.25) is 4.79 Å². The highest BCUT2D eigenvalue weighted by Crippen LogP contribution is 2.19. The fourth-order valence-electron chi connectivity index (χ4n) is 10.8. The van der Waals surface area contributed by atoms with Gasteiger partial charge in [-0.1, -0.05) is 359 Å². The molecule has 0 heterocycles. The molecular weight excluding hydrogens is 891 g/mol. The molecule has 0 aromatic carbocycles. The van der Waals surface area contributed by atoms with Crippen molar-refractivity contribution >= 4 is 5.91 Å². The highest BCUT2D eigenvalue weighted by molar-refractivity contribution is 5.76. The number of nitrogens with one attached hydrogen (secondary N) is 1. The van der Waals surface area contributed by atoms with Crippen LogP contribution in [0, 0.1) is 0 Å². The van der Waals surface area contributed by atoms with Crippen molar-refractivity contribution in [3.8, 4) is 0 Å². The smallest absolute Gasteiger partial charge is 0.220 e. The predicted molar refractivity (Wildman–Crippen MR) is 327 cm³/mol. The number of hydrogen-bond donors (Lipinski definition) is 3. The average molecular weight is 1020 g/mol. The van der Waals surface area contributed by atoms with Crippen molar-refractivity contribution in [1.29, 1.82) is 0 Å². The lowest BCUT2D eigenvalue weighted by Crippen LogP contribution is -2.45. The molecule has 0 aliphatic heterocycles. The highest BCUT2D eigenvalue weighted by atomic mass is 16.3. The molecular formula is C69H133NO3. The van der Waals surface area contributed by atoms with E-state index in [0.29, 0.717) is 12.8 Å². The number of allylic oxidation sites excluding steroid dienone is 6. The van der Waals surface area contributed by atoms with E-state index in [-0.39, 0.29) is 12.5 Å². The van der Waals surface area contributed by atoms with E-state index in [0.717, 1.165) is 38.5 Å². The Morgan fingerprint density at radius 3 is 0.836 bits per heavy atom. The Kier molecular flexibility index (Phi) is 63.7. The number of aliphatic hydroxyl groups excluding tert-OH is 2. The zero-order chi connectivity index (χ0) is 52.7. The SMILES string of the molecule is CCCCCCC/C=C\C/C=C\C/C=C\CCCCCCCCCCCCCCCCCCCCC(=O)NC(CO)C(O)CCCCCCCCCCCCCCCCCCCCCCCCCCCCCC. The van der Waals surface area contributed by atoms with Crippen LogP contribution in [0.1, 0.15) is 380 Å². The molecule has 4 nitrogen and oxygen atoms in total. The maximum atomic E-state index is 12.6. The molecule has 0 fully saturated rings. The van der Waals surface area contributed by atoms with E-state index in [2.05, 4.69) is 55.6 Å². The first-order valence-corrected chi connectivity index (χ1v) is 33.7. The Morgan fingerprint density at radius 1 is 0.329 bits per heavy atom. The third kappa shape index (κ3) is 61.3. The van der Waals surface area contributed by atoms with Crippen LogP contribution >= 0.6 is 0 Å². The summed E-state index contributed by atoms with van der Waals surface area (Å²) in [5.74, 6) is -0.0240. The van der Waals surface area contributed by atoms with Gasteiger partial charge in [-0.05, 0) is 51.4 Å². The molecule has 0 aliphatic rings. The number of amides is 1. The molecule has 0 saturated heterocycles. The Hall–Kier alpha value is -1.39. The van der Waals surface area contributed by atoms with Crippen molar-refractivity contribution in [1.82, 2.24) is 5.32 Å². The molecule has 3 N–H and O–H groups in total. The van der Waals surface area contributed by atoms with Crippen molar-refractivity contribution in [3.63, 3.8) is 0 Å². The third-order valence-electron chi connectivity index (χ3n) is 15.9. The summed E-state index contributed by atoms with van der Waals surface area (Å²) in [6.45, 7) is 4.39. The van der Waals surface area contributed by atoms with E-state index in [1.165, 1.54) is 315 Å². The van der Waals surface area contributed by atoms with E-state index >= 15 is 0 Å². The van der Waals surface area contributed by atoms with Gasteiger partial charge in [0.2, 0.25) is 5.91 Å². The Bertz CT molecular complexity index is 1110. The minimum absolute atomic E-state index is 0.0240. The normalized spacial score (nSPS) is 12.9. The minimum atomic E-state index is -0.660. The van der Waals surface area contributed by atoms with Crippen LogP contribution in [0.25, 0.3) is 0 Å². The predicted octanol–water partition coefficient (Wildman–Crippen LogP) is 22.8. The van der Waals surface area contributed by atoms with Crippen LogP contribution in [0.4, 0.5) is 0 Å². The lowest BCUT2D eigenvalue weighted by molar-refractivity contribution is -0.123. The second-order valence-electron chi connectivity index (χ2n) is 23.2. The number of rotatable bonds is 63. The Labute approximate surface area is 459 Å². The second-order valence-corrected chi connectivity index (χ2v) is 23.2. The fraction of sp³-hybridized carbons (Fsp3) is 0.899. The van der Waals surface area contributed by atoms with E-state index in [9.17, 15) is 15.0 Å². The summed E-state index contributed by atoms with van der Waals surface area (Å²) in [6, 6.07) is -0.537. The molecule has 1 amide bonds. The summed E-state index contributed by atoms with van der Waals surface area (Å²) >= 11 is 0. The standard InChI is InChI=1S/C69H133NO3/c1-3-5-7-9-11-13-15-17-19-21-23-25-27-29-31-33-34-35-36-37-39-41-43-45-47-49-51-53-55-57-59-61-63-65-69(73)70-67(66-71)68(72)64-62-60-58-56-54-52-50-48-46-44-42-40-38-32-30-28-26-24-22-20-18-16-14-12-10-8-6-4-2/h15,17,21,23,27,29,67-68,71-72H,3-14,16,18-20,22,24-26,28,30-66H2,1-2H3,(H,70,73)/b17-15-,23-21-,29-27-. The van der Waals surface area contributed by atoms with Gasteiger partial charge >= 0.3 is 0 Å². The van der Waals surface area contributed by atoms with E-state index in [1.807, 2.05) is 0 Å². The fourth-order valence-corrected chi connectivity index (χ4v) is 10.8. The maximum absolute atomic E-state index is 12.6. The van der Waals surface area contributed by atoms with Crippen LogP contribution in [-0.4, -0.2) is 34.9 Å². The lowest BCUT2D eigenvalue weighted by Gasteiger charge is -2.22. The largest absolute Gasteiger partial charge is 0.394 e. The van der Waals surface area contributed by atoms with Gasteiger partial charge in [0.15, 0.2) is 0 Å². The summed E-state index contributed by atoms with van der Waals surface area (Å²) in [6.07, 6.45) is 89.0. The van der Waals surface area contributed by atoms with Crippen molar-refractivity contribution < 1.29 is 15.0 Å². The highest BCUT2D eigenvalue weighted by Gasteiger charge is 2.20. The van der Waals surface area contributed by atoms with Gasteiger partial charge in [-0.15, -0.1) is 0 Å². The zero-order valence-electron chi connectivity index (χ0n) is 49.9. The second kappa shape index (κ2) is 64.9. The molecule has 0 saturated carbocycles. The van der Waals surface area contributed by atoms with Crippen LogP contribution in [0.5, 0.6) is 0 Å². The Morgan fingerprint density at radius 2 is 0.562 bits per heavy atom. The third-order valence-corrected chi connectivity index (χ3v) is 15.9. The van der Waals surface area contributed by atoms with Crippen LogP contribution in [-0.2, 0) is 4.79 Å². The number of aliphatic hydroxyl groups is 2. The molecule has 4 heteroatoms. The van der Waals surface area contributed by atoms with E-state index in [4.69, 9.17) is 0 Å². The first-order chi connectivity index (χ1) is 36.2. The topological polar surface area (TPSA) is 69.6 Å². The molecule has 0 radical (unpaired) electrons. The van der Waals surface area contributed by atoms with Crippen LogP contribution in [0.2, 0.25) is 0 Å². The van der Waals surface area contributed by atoms with Gasteiger partial charge in [0, 0.05) is 6.42 Å². The quantitative estimate of drug-likeness (QED) is 0.0420. The molecule has 0 rings (SSSR count). The zero-order valence-corrected chi connectivity index (χ0v) is 49.9. The van der Waals surface area contributed by atoms with Gasteiger partial charge in [-0.25, -0.2) is 0 Å². The van der Waals surface area contributed by atoms with Gasteiger partial charge in [0.05, 0.1) is 18.8 Å². The minimum Gasteiger partial charge on any atom is -0.394 e. The number of carbonyl (C=O) groups excluding carboxylic acids is 1. The summed E-state index contributed by atoms with van der Waals surface area (Å²) in [5, 5.41) is 23.5. The molecule has 432 valence electrons. The van der Waals surface area contributed by atoms with Crippen molar-refractivity contribution in [2.75, 3.05) is 6.61 Å². The Balaban J connectivity index is 3.40. The summed E-state index contributed by atoms with van der Waals surface area (Å²) in [7, 11) is 0. The number of carbonyl (C=O) groups is 1. The number of hydrogen-bond acceptors (Lipinski definition) is 3. The average Bonchev–Trinajstić information content (AvgIpc) is 3.40. The lowest BCUT2D eigenvalue weighted by atomic mass is 10.0.